The Balaban J connectivity index is 2.16. The Kier molecular flexibility index (Phi) is 8.07. The van der Waals surface area contributed by atoms with Gasteiger partial charge in [0.15, 0.2) is 11.6 Å². The number of carbonyl (C=O) groups is 1. The molecular formula is C26H32N8O2. The van der Waals surface area contributed by atoms with E-state index in [0.29, 0.717) is 40.9 Å². The number of carbonyl (C=O) groups excluding carboxylic acids is 1. The van der Waals surface area contributed by atoms with Gasteiger partial charge in [-0.15, -0.1) is 0 Å². The number of aliphatic imine (C=N–C) groups is 1. The van der Waals surface area contributed by atoms with Crippen LogP contribution in [-0.4, -0.2) is 42.8 Å². The summed E-state index contributed by atoms with van der Waals surface area (Å²) < 4.78 is 0. The van der Waals surface area contributed by atoms with Crippen molar-refractivity contribution in [3.05, 3.63) is 59.1 Å². The Morgan fingerprint density at radius 3 is 2.67 bits per heavy atom. The molecule has 0 fully saturated rings. The molecule has 0 saturated carbocycles. The van der Waals surface area contributed by atoms with E-state index in [0.717, 1.165) is 11.3 Å². The summed E-state index contributed by atoms with van der Waals surface area (Å²) in [5, 5.41) is 13.4. The molecule has 188 valence electrons. The van der Waals surface area contributed by atoms with E-state index in [2.05, 4.69) is 42.6 Å². The highest BCUT2D eigenvalue weighted by molar-refractivity contribution is 5.94. The van der Waals surface area contributed by atoms with Crippen LogP contribution >= 0.6 is 0 Å². The molecule has 2 aromatic rings. The molecule has 0 bridgehead atoms. The zero-order valence-corrected chi connectivity index (χ0v) is 21.7. The molecular weight excluding hydrogens is 456 g/mol. The average molecular weight is 489 g/mol. The highest BCUT2D eigenvalue weighted by atomic mass is 16.6. The van der Waals surface area contributed by atoms with Crippen LogP contribution in [0.1, 0.15) is 49.2 Å². The molecule has 1 aliphatic rings. The van der Waals surface area contributed by atoms with Crippen LogP contribution in [0.25, 0.3) is 0 Å². The number of nitrogens with zero attached hydrogens (tertiary/aromatic N) is 6. The van der Waals surface area contributed by atoms with Gasteiger partial charge in [-0.2, -0.15) is 15.2 Å². The van der Waals surface area contributed by atoms with Gasteiger partial charge in [0.1, 0.15) is 11.6 Å². The number of benzene rings is 1. The lowest BCUT2D eigenvalue weighted by Gasteiger charge is -2.30. The SMILES string of the molecule is CONC(=O)c1ccc(C)c(Nc2nc(N(C)CC(C)(C)C)c(C#N)c(N3C=CC=NC=C3C)n2)c1. The Hall–Kier alpha value is -4.23. The maximum Gasteiger partial charge on any atom is 0.274 e. The first-order valence-corrected chi connectivity index (χ1v) is 11.4. The second-order valence-corrected chi connectivity index (χ2v) is 9.67. The summed E-state index contributed by atoms with van der Waals surface area (Å²) in [6.45, 7) is 10.8. The number of rotatable bonds is 7. The second-order valence-electron chi connectivity index (χ2n) is 9.67. The molecule has 1 aliphatic heterocycles. The summed E-state index contributed by atoms with van der Waals surface area (Å²) in [7, 11) is 3.29. The fourth-order valence-electron chi connectivity index (χ4n) is 3.74. The van der Waals surface area contributed by atoms with Gasteiger partial charge >= 0.3 is 0 Å². The van der Waals surface area contributed by atoms with Crippen LogP contribution in [0.15, 0.2) is 47.4 Å². The van der Waals surface area contributed by atoms with E-state index in [1.54, 1.807) is 30.6 Å². The predicted molar refractivity (Wildman–Crippen MR) is 142 cm³/mol. The van der Waals surface area contributed by atoms with Crippen molar-refractivity contribution in [3.63, 3.8) is 0 Å². The molecule has 0 spiro atoms. The van der Waals surface area contributed by atoms with Crippen molar-refractivity contribution in [1.82, 2.24) is 15.4 Å². The van der Waals surface area contributed by atoms with E-state index in [4.69, 9.17) is 14.8 Å². The van der Waals surface area contributed by atoms with Crippen LogP contribution in [0.5, 0.6) is 0 Å². The zero-order chi connectivity index (χ0) is 26.5. The molecule has 0 atom stereocenters. The van der Waals surface area contributed by atoms with Gasteiger partial charge in [-0.05, 0) is 43.0 Å². The van der Waals surface area contributed by atoms with Gasteiger partial charge in [0.25, 0.3) is 5.91 Å². The van der Waals surface area contributed by atoms with E-state index in [1.807, 2.05) is 43.0 Å². The highest BCUT2D eigenvalue weighted by Crippen LogP contribution is 2.33. The van der Waals surface area contributed by atoms with Crippen LogP contribution < -0.4 is 20.6 Å². The first-order valence-electron chi connectivity index (χ1n) is 11.4. The third-order valence-electron chi connectivity index (χ3n) is 5.27. The minimum atomic E-state index is -0.372. The van der Waals surface area contributed by atoms with E-state index in [-0.39, 0.29) is 11.3 Å². The van der Waals surface area contributed by atoms with Crippen molar-refractivity contribution >= 4 is 35.4 Å². The highest BCUT2D eigenvalue weighted by Gasteiger charge is 2.25. The van der Waals surface area contributed by atoms with E-state index >= 15 is 0 Å². The number of aryl methyl sites for hydroxylation is 1. The maximum atomic E-state index is 12.3. The van der Waals surface area contributed by atoms with Crippen molar-refractivity contribution < 1.29 is 9.63 Å². The van der Waals surface area contributed by atoms with E-state index in [1.165, 1.54) is 7.11 Å². The van der Waals surface area contributed by atoms with Crippen molar-refractivity contribution in [2.45, 2.75) is 34.6 Å². The van der Waals surface area contributed by atoms with Crippen LogP contribution in [0.2, 0.25) is 0 Å². The molecule has 2 N–H and O–H groups in total. The summed E-state index contributed by atoms with van der Waals surface area (Å²) in [6.07, 6.45) is 6.97. The summed E-state index contributed by atoms with van der Waals surface area (Å²) in [4.78, 5) is 34.5. The number of nitriles is 1. The largest absolute Gasteiger partial charge is 0.358 e. The number of nitrogens with one attached hydrogen (secondary N) is 2. The molecule has 1 aromatic carbocycles. The molecule has 10 nitrogen and oxygen atoms in total. The quantitative estimate of drug-likeness (QED) is 0.549. The van der Waals surface area contributed by atoms with Gasteiger partial charge in [0.05, 0.1) is 7.11 Å². The summed E-state index contributed by atoms with van der Waals surface area (Å²) in [6, 6.07) is 7.54. The molecule has 1 aromatic heterocycles. The molecule has 0 aliphatic carbocycles. The molecule has 2 heterocycles. The summed E-state index contributed by atoms with van der Waals surface area (Å²) in [5.74, 6) is 0.839. The van der Waals surface area contributed by atoms with Crippen molar-refractivity contribution in [2.75, 3.05) is 35.8 Å². The van der Waals surface area contributed by atoms with Crippen molar-refractivity contribution in [3.8, 4) is 6.07 Å². The van der Waals surface area contributed by atoms with Crippen LogP contribution in [0.4, 0.5) is 23.3 Å². The van der Waals surface area contributed by atoms with Gasteiger partial charge in [-0.25, -0.2) is 5.48 Å². The zero-order valence-electron chi connectivity index (χ0n) is 21.7. The topological polar surface area (TPSA) is 119 Å². The first-order chi connectivity index (χ1) is 17.0. The third-order valence-corrected chi connectivity index (χ3v) is 5.27. The molecule has 0 unspecified atom stereocenters. The number of aromatic nitrogens is 2. The molecule has 10 heteroatoms. The molecule has 1 amide bonds. The van der Waals surface area contributed by atoms with Crippen LogP contribution in [0, 0.1) is 23.7 Å². The van der Waals surface area contributed by atoms with Gasteiger partial charge in [-0.3, -0.25) is 14.6 Å². The lowest BCUT2D eigenvalue weighted by Crippen LogP contribution is -2.31. The third kappa shape index (κ3) is 6.25. The monoisotopic (exact) mass is 488 g/mol. The van der Waals surface area contributed by atoms with Gasteiger partial charge in [0, 0.05) is 49.2 Å². The summed E-state index contributed by atoms with van der Waals surface area (Å²) >= 11 is 0. The Morgan fingerprint density at radius 2 is 2.00 bits per heavy atom. The van der Waals surface area contributed by atoms with Gasteiger partial charge in [0.2, 0.25) is 5.95 Å². The Bertz CT molecular complexity index is 1270. The normalized spacial score (nSPS) is 13.1. The predicted octanol–water partition coefficient (Wildman–Crippen LogP) is 4.44. The van der Waals surface area contributed by atoms with Crippen LogP contribution in [0.3, 0.4) is 0 Å². The van der Waals surface area contributed by atoms with Crippen LogP contribution in [-0.2, 0) is 4.84 Å². The lowest BCUT2D eigenvalue weighted by atomic mass is 9.96. The Labute approximate surface area is 212 Å². The number of allylic oxidation sites excluding steroid dienone is 2. The molecule has 0 radical (unpaired) electrons. The van der Waals surface area contributed by atoms with Crippen molar-refractivity contribution in [1.29, 1.82) is 5.26 Å². The fraction of sp³-hybridized carbons (Fsp3) is 0.346. The number of anilines is 4. The smallest absolute Gasteiger partial charge is 0.274 e. The minimum absolute atomic E-state index is 0.0357. The van der Waals surface area contributed by atoms with E-state index < -0.39 is 0 Å². The first kappa shape index (κ1) is 26.4. The number of amides is 1. The lowest BCUT2D eigenvalue weighted by molar-refractivity contribution is 0.0537. The van der Waals surface area contributed by atoms with Gasteiger partial charge in [-0.1, -0.05) is 26.8 Å². The minimum Gasteiger partial charge on any atom is -0.358 e. The molecule has 0 saturated heterocycles. The van der Waals surface area contributed by atoms with Gasteiger partial charge < -0.3 is 15.1 Å². The number of hydrogen-bond acceptors (Lipinski definition) is 9. The number of hydrogen-bond donors (Lipinski definition) is 2. The number of hydroxylamine groups is 1. The molecule has 3 rings (SSSR count). The second kappa shape index (κ2) is 11.0. The average Bonchev–Trinajstić information content (AvgIpc) is 3.03. The summed E-state index contributed by atoms with van der Waals surface area (Å²) in [5.41, 5.74) is 5.38. The van der Waals surface area contributed by atoms with E-state index in [9.17, 15) is 10.1 Å². The maximum absolute atomic E-state index is 12.3. The fourth-order valence-corrected chi connectivity index (χ4v) is 3.74. The molecule has 36 heavy (non-hydrogen) atoms. The van der Waals surface area contributed by atoms with Crippen molar-refractivity contribution in [2.24, 2.45) is 10.4 Å². The standard InChI is InChI=1S/C26H32N8O2/c1-17-9-10-19(24(35)32-36-7)13-21(17)29-25-30-22(33(6)16-26(3,4)5)20(14-27)23(31-25)34-12-8-11-28-15-18(34)2/h8-13,15H,16H2,1-7H3,(H,32,35)(H,29,30,31). The Morgan fingerprint density at radius 1 is 1.25 bits per heavy atom.